The van der Waals surface area contributed by atoms with Crippen molar-refractivity contribution in [3.8, 4) is 0 Å². The zero-order valence-electron chi connectivity index (χ0n) is 10.5. The first-order valence-corrected chi connectivity index (χ1v) is 5.97. The monoisotopic (exact) mass is 269 g/mol. The van der Waals surface area contributed by atoms with E-state index in [-0.39, 0.29) is 12.4 Å². The van der Waals surface area contributed by atoms with Crippen LogP contribution in [-0.4, -0.2) is 59.8 Å². The highest BCUT2D eigenvalue weighted by atomic mass is 16.5. The topological polar surface area (TPSA) is 96.1 Å². The normalized spacial score (nSPS) is 15.4. The third kappa shape index (κ3) is 2.95. The maximum atomic E-state index is 11.4. The van der Waals surface area contributed by atoms with Gasteiger partial charge in [0.2, 0.25) is 5.76 Å². The zero-order valence-corrected chi connectivity index (χ0v) is 10.5. The Morgan fingerprint density at radius 3 is 2.68 bits per heavy atom. The predicted octanol–water partition coefficient (Wildman–Crippen LogP) is 0.651. The molecule has 1 fully saturated rings. The van der Waals surface area contributed by atoms with Gasteiger partial charge in [0.05, 0.1) is 12.8 Å². The largest absolute Gasteiger partial charge is 0.465 e. The Morgan fingerprint density at radius 1 is 1.42 bits per heavy atom. The minimum atomic E-state index is -0.931. The standard InChI is InChI=1S/C11H15N3O5/c1-2-18-9(15)8-7-12-10(19-8)13-3-5-14(6-4-13)11(16)17/h7H,2-6H2,1H3,(H,16,17). The van der Waals surface area contributed by atoms with Gasteiger partial charge in [0.1, 0.15) is 0 Å². The van der Waals surface area contributed by atoms with Gasteiger partial charge in [-0.1, -0.05) is 0 Å². The van der Waals surface area contributed by atoms with Crippen LogP contribution in [0.2, 0.25) is 0 Å². The minimum absolute atomic E-state index is 0.0533. The van der Waals surface area contributed by atoms with E-state index in [0.29, 0.717) is 32.2 Å². The van der Waals surface area contributed by atoms with Crippen molar-refractivity contribution in [1.82, 2.24) is 9.88 Å². The number of anilines is 1. The number of aromatic nitrogens is 1. The molecule has 1 aliphatic heterocycles. The van der Waals surface area contributed by atoms with Gasteiger partial charge in [0.15, 0.2) is 0 Å². The molecule has 1 aromatic heterocycles. The van der Waals surface area contributed by atoms with E-state index in [1.54, 1.807) is 11.8 Å². The molecule has 0 radical (unpaired) electrons. The van der Waals surface area contributed by atoms with Crippen LogP contribution in [0, 0.1) is 0 Å². The Labute approximate surface area is 109 Å². The van der Waals surface area contributed by atoms with Crippen LogP contribution < -0.4 is 4.90 Å². The summed E-state index contributed by atoms with van der Waals surface area (Å²) in [4.78, 5) is 29.3. The van der Waals surface area contributed by atoms with E-state index >= 15 is 0 Å². The molecule has 19 heavy (non-hydrogen) atoms. The van der Waals surface area contributed by atoms with E-state index in [0.717, 1.165) is 0 Å². The molecule has 1 saturated heterocycles. The molecule has 1 N–H and O–H groups in total. The lowest BCUT2D eigenvalue weighted by Gasteiger charge is -2.31. The molecule has 0 aliphatic carbocycles. The highest BCUT2D eigenvalue weighted by Crippen LogP contribution is 2.17. The van der Waals surface area contributed by atoms with Gasteiger partial charge >= 0.3 is 12.1 Å². The second-order valence-corrected chi connectivity index (χ2v) is 3.98. The van der Waals surface area contributed by atoms with E-state index in [1.807, 2.05) is 0 Å². The summed E-state index contributed by atoms with van der Waals surface area (Å²) in [6.07, 6.45) is 0.385. The second kappa shape index (κ2) is 5.59. The van der Waals surface area contributed by atoms with Crippen LogP contribution in [-0.2, 0) is 4.74 Å². The number of amides is 1. The van der Waals surface area contributed by atoms with Crippen LogP contribution in [0.1, 0.15) is 17.5 Å². The third-order valence-corrected chi connectivity index (χ3v) is 2.79. The Hall–Kier alpha value is -2.25. The van der Waals surface area contributed by atoms with Crippen LogP contribution in [0.3, 0.4) is 0 Å². The summed E-state index contributed by atoms with van der Waals surface area (Å²) in [6.45, 7) is 3.70. The average Bonchev–Trinajstić information content (AvgIpc) is 2.89. The van der Waals surface area contributed by atoms with Crippen LogP contribution in [0.4, 0.5) is 10.8 Å². The molecule has 0 spiro atoms. The molecule has 0 saturated carbocycles. The van der Waals surface area contributed by atoms with Crippen molar-refractivity contribution in [3.63, 3.8) is 0 Å². The molecule has 1 amide bonds. The fourth-order valence-corrected chi connectivity index (χ4v) is 1.80. The molecule has 1 aliphatic rings. The van der Waals surface area contributed by atoms with Gasteiger partial charge in [-0.25, -0.2) is 14.6 Å². The number of ether oxygens (including phenoxy) is 1. The lowest BCUT2D eigenvalue weighted by molar-refractivity contribution is 0.0490. The van der Waals surface area contributed by atoms with Gasteiger partial charge in [0.25, 0.3) is 6.01 Å². The van der Waals surface area contributed by atoms with Crippen molar-refractivity contribution < 1.29 is 23.8 Å². The summed E-state index contributed by atoms with van der Waals surface area (Å²) in [5.74, 6) is -0.497. The smallest absolute Gasteiger partial charge is 0.407 e. The number of nitrogens with zero attached hydrogens (tertiary/aromatic N) is 3. The summed E-state index contributed by atoms with van der Waals surface area (Å²) < 4.78 is 10.1. The van der Waals surface area contributed by atoms with Crippen molar-refractivity contribution >= 4 is 18.1 Å². The molecule has 0 unspecified atom stereocenters. The fraction of sp³-hybridized carbons (Fsp3) is 0.545. The lowest BCUT2D eigenvalue weighted by atomic mass is 10.3. The number of hydrogen-bond acceptors (Lipinski definition) is 6. The number of piperazine rings is 1. The molecule has 2 heterocycles. The summed E-state index contributed by atoms with van der Waals surface area (Å²) in [5, 5.41) is 8.84. The minimum Gasteiger partial charge on any atom is -0.465 e. The quantitative estimate of drug-likeness (QED) is 0.805. The van der Waals surface area contributed by atoms with E-state index in [1.165, 1.54) is 11.1 Å². The Balaban J connectivity index is 1.97. The van der Waals surface area contributed by atoms with Crippen LogP contribution in [0.5, 0.6) is 0 Å². The number of hydrogen-bond donors (Lipinski definition) is 1. The first-order valence-electron chi connectivity index (χ1n) is 5.97. The Kier molecular flexibility index (Phi) is 3.88. The molecule has 1 aromatic rings. The number of oxazole rings is 1. The maximum Gasteiger partial charge on any atom is 0.407 e. The summed E-state index contributed by atoms with van der Waals surface area (Å²) in [6, 6.07) is 0.313. The SMILES string of the molecule is CCOC(=O)c1cnc(N2CCN(C(=O)O)CC2)o1. The van der Waals surface area contributed by atoms with Crippen molar-refractivity contribution in [2.24, 2.45) is 0 Å². The molecular formula is C11H15N3O5. The zero-order chi connectivity index (χ0) is 13.8. The third-order valence-electron chi connectivity index (χ3n) is 2.79. The van der Waals surface area contributed by atoms with Gasteiger partial charge in [-0.3, -0.25) is 0 Å². The average molecular weight is 269 g/mol. The van der Waals surface area contributed by atoms with Crippen molar-refractivity contribution in [1.29, 1.82) is 0 Å². The molecule has 0 bridgehead atoms. The van der Waals surface area contributed by atoms with Gasteiger partial charge in [-0.05, 0) is 6.92 Å². The number of esters is 1. The molecule has 8 heteroatoms. The number of carboxylic acid groups (broad SMARTS) is 1. The van der Waals surface area contributed by atoms with E-state index in [9.17, 15) is 9.59 Å². The van der Waals surface area contributed by atoms with Gasteiger partial charge in [-0.2, -0.15) is 0 Å². The second-order valence-electron chi connectivity index (χ2n) is 3.98. The maximum absolute atomic E-state index is 11.4. The van der Waals surface area contributed by atoms with Crippen LogP contribution >= 0.6 is 0 Å². The van der Waals surface area contributed by atoms with Crippen molar-refractivity contribution in [2.75, 3.05) is 37.7 Å². The first-order chi connectivity index (χ1) is 9.11. The van der Waals surface area contributed by atoms with Crippen LogP contribution in [0.25, 0.3) is 0 Å². The lowest BCUT2D eigenvalue weighted by Crippen LogP contribution is -2.48. The fourth-order valence-electron chi connectivity index (χ4n) is 1.80. The summed E-state index contributed by atoms with van der Waals surface area (Å²) >= 11 is 0. The summed E-state index contributed by atoms with van der Waals surface area (Å²) in [5.41, 5.74) is 0. The first kappa shape index (κ1) is 13.2. The van der Waals surface area contributed by atoms with Crippen LogP contribution in [0.15, 0.2) is 10.6 Å². The number of carbonyl (C=O) groups excluding carboxylic acids is 1. The number of carbonyl (C=O) groups is 2. The predicted molar refractivity (Wildman–Crippen MR) is 64.3 cm³/mol. The molecule has 0 atom stereocenters. The van der Waals surface area contributed by atoms with Gasteiger partial charge in [-0.15, -0.1) is 0 Å². The molecule has 0 aromatic carbocycles. The molecule has 2 rings (SSSR count). The Morgan fingerprint density at radius 2 is 2.11 bits per heavy atom. The number of rotatable bonds is 3. The molecular weight excluding hydrogens is 254 g/mol. The van der Waals surface area contributed by atoms with Gasteiger partial charge in [0, 0.05) is 26.2 Å². The Bertz CT molecular complexity index is 465. The van der Waals surface area contributed by atoms with Gasteiger partial charge < -0.3 is 24.1 Å². The highest BCUT2D eigenvalue weighted by molar-refractivity contribution is 5.86. The molecule has 104 valence electrons. The summed E-state index contributed by atoms with van der Waals surface area (Å²) in [7, 11) is 0. The molecule has 8 nitrogen and oxygen atoms in total. The highest BCUT2D eigenvalue weighted by Gasteiger charge is 2.24. The van der Waals surface area contributed by atoms with Crippen molar-refractivity contribution in [3.05, 3.63) is 12.0 Å². The van der Waals surface area contributed by atoms with E-state index in [2.05, 4.69) is 4.98 Å². The van der Waals surface area contributed by atoms with E-state index in [4.69, 9.17) is 14.3 Å². The van der Waals surface area contributed by atoms with Crippen molar-refractivity contribution in [2.45, 2.75) is 6.92 Å². The van der Waals surface area contributed by atoms with E-state index < -0.39 is 12.1 Å².